The normalized spacial score (nSPS) is 29.9. The van der Waals surface area contributed by atoms with Crippen LogP contribution in [0.25, 0.3) is 0 Å². The summed E-state index contributed by atoms with van der Waals surface area (Å²) in [5, 5.41) is 40.5. The van der Waals surface area contributed by atoms with Crippen LogP contribution in [0.5, 0.6) is 5.75 Å². The van der Waals surface area contributed by atoms with Crippen LogP contribution >= 0.6 is 11.6 Å². The quantitative estimate of drug-likeness (QED) is 0.328. The molecule has 1 aromatic rings. The van der Waals surface area contributed by atoms with Crippen molar-refractivity contribution < 1.29 is 47.1 Å². The summed E-state index contributed by atoms with van der Waals surface area (Å²) in [5.41, 5.74) is 0.143. The minimum absolute atomic E-state index is 0.143. The number of benzene rings is 1. The number of aliphatic carboxylic acids is 1. The Balaban J connectivity index is 2.18. The number of carboxylic acids is 1. The van der Waals surface area contributed by atoms with E-state index in [1.807, 2.05) is 0 Å². The van der Waals surface area contributed by atoms with E-state index in [4.69, 9.17) is 26.0 Å². The van der Waals surface area contributed by atoms with Crippen molar-refractivity contribution in [1.29, 1.82) is 0 Å². The number of carboxylic acid groups (broad SMARTS) is 1. The van der Waals surface area contributed by atoms with Crippen molar-refractivity contribution in [3.63, 3.8) is 0 Å². The Morgan fingerprint density at radius 3 is 2.36 bits per heavy atom. The highest BCUT2D eigenvalue weighted by Gasteiger charge is 2.46. The number of ether oxygens (including phenoxy) is 1. The van der Waals surface area contributed by atoms with Crippen molar-refractivity contribution in [3.05, 3.63) is 23.2 Å². The molecule has 5 atom stereocenters. The van der Waals surface area contributed by atoms with E-state index >= 15 is 0 Å². The zero-order valence-corrected chi connectivity index (χ0v) is 13.8. The molecule has 11 nitrogen and oxygen atoms in total. The molecule has 0 spiro atoms. The van der Waals surface area contributed by atoms with Gasteiger partial charge in [0, 0.05) is 5.69 Å². The van der Waals surface area contributed by atoms with Crippen LogP contribution in [0.3, 0.4) is 0 Å². The first-order chi connectivity index (χ1) is 11.5. The molecule has 140 valence electrons. The second-order valence-electron chi connectivity index (χ2n) is 5.09. The van der Waals surface area contributed by atoms with Gasteiger partial charge in [0.1, 0.15) is 18.3 Å². The van der Waals surface area contributed by atoms with E-state index in [2.05, 4.69) is 9.50 Å². The summed E-state index contributed by atoms with van der Waals surface area (Å²) in [5.74, 6) is -1.92. The molecule has 0 radical (unpaired) electrons. The van der Waals surface area contributed by atoms with Crippen LogP contribution in [0, 0.1) is 0 Å². The first kappa shape index (κ1) is 19.7. The van der Waals surface area contributed by atoms with Crippen molar-refractivity contribution >= 4 is 33.7 Å². The van der Waals surface area contributed by atoms with Gasteiger partial charge < -0.3 is 34.7 Å². The average Bonchev–Trinajstić information content (AvgIpc) is 2.49. The van der Waals surface area contributed by atoms with E-state index in [9.17, 15) is 28.5 Å². The Morgan fingerprint density at radius 2 is 1.84 bits per heavy atom. The summed E-state index contributed by atoms with van der Waals surface area (Å²) < 4.78 is 39.2. The number of aliphatic hydroxyl groups excluding tert-OH is 3. The SMILES string of the molecule is O=C(O)[C@H]1O[C@@H](Nc2ccc(OS(=O)(=O)O)c(Cl)c2)[C@H](O)[C@@H](O)[C@@H]1O. The Hall–Kier alpha value is -1.67. The lowest BCUT2D eigenvalue weighted by atomic mass is 9.98. The molecular weight excluding hydrogens is 386 g/mol. The molecule has 1 saturated heterocycles. The number of carbonyl (C=O) groups is 1. The number of anilines is 1. The van der Waals surface area contributed by atoms with E-state index in [0.717, 1.165) is 12.1 Å². The topological polar surface area (TPSA) is 183 Å². The largest absolute Gasteiger partial charge is 0.479 e. The van der Waals surface area contributed by atoms with Gasteiger partial charge >= 0.3 is 16.4 Å². The van der Waals surface area contributed by atoms with Crippen LogP contribution < -0.4 is 9.50 Å². The van der Waals surface area contributed by atoms with Crippen LogP contribution in [0.15, 0.2) is 18.2 Å². The molecule has 0 amide bonds. The minimum atomic E-state index is -4.77. The fraction of sp³-hybridized carbons (Fsp3) is 0.417. The second kappa shape index (κ2) is 7.29. The zero-order chi connectivity index (χ0) is 18.9. The maximum Gasteiger partial charge on any atom is 0.446 e. The summed E-state index contributed by atoms with van der Waals surface area (Å²) in [6.07, 6.45) is -8.49. The highest BCUT2D eigenvalue weighted by molar-refractivity contribution is 7.81. The summed E-state index contributed by atoms with van der Waals surface area (Å²) in [6, 6.07) is 3.45. The molecule has 6 N–H and O–H groups in total. The van der Waals surface area contributed by atoms with Crippen molar-refractivity contribution in [2.24, 2.45) is 0 Å². The lowest BCUT2D eigenvalue weighted by Crippen LogP contribution is -2.61. The highest BCUT2D eigenvalue weighted by Crippen LogP contribution is 2.30. The van der Waals surface area contributed by atoms with E-state index in [-0.39, 0.29) is 16.5 Å². The molecule has 0 bridgehead atoms. The van der Waals surface area contributed by atoms with Gasteiger partial charge in [0.2, 0.25) is 0 Å². The number of hydrogen-bond acceptors (Lipinski definition) is 9. The first-order valence-corrected chi connectivity index (χ1v) is 8.39. The molecule has 0 unspecified atom stereocenters. The fourth-order valence-corrected chi connectivity index (χ4v) is 2.78. The summed E-state index contributed by atoms with van der Waals surface area (Å²) in [7, 11) is -4.77. The summed E-state index contributed by atoms with van der Waals surface area (Å²) in [6.45, 7) is 0. The van der Waals surface area contributed by atoms with Gasteiger partial charge in [-0.25, -0.2) is 4.79 Å². The predicted molar refractivity (Wildman–Crippen MR) is 81.6 cm³/mol. The smallest absolute Gasteiger partial charge is 0.446 e. The monoisotopic (exact) mass is 399 g/mol. The fourth-order valence-electron chi connectivity index (χ4n) is 2.14. The number of halogens is 1. The maximum atomic E-state index is 11.0. The van der Waals surface area contributed by atoms with E-state index in [0.29, 0.717) is 0 Å². The number of hydrogen-bond donors (Lipinski definition) is 6. The molecule has 0 saturated carbocycles. The van der Waals surface area contributed by atoms with Crippen LogP contribution in [0.4, 0.5) is 5.69 Å². The lowest BCUT2D eigenvalue weighted by Gasteiger charge is -2.39. The lowest BCUT2D eigenvalue weighted by molar-refractivity contribution is -0.221. The standard InChI is InChI=1S/C12H14ClNO10S/c13-5-3-4(1-2-6(5)24-25(20,21)22)14-11-9(17)7(15)8(16)10(23-11)12(18)19/h1-3,7-11,14-17H,(H,18,19)(H,20,21,22)/t7-,8-,9+,10-,11+/m0/s1. The molecule has 13 heteroatoms. The molecule has 1 aliphatic heterocycles. The molecule has 25 heavy (non-hydrogen) atoms. The zero-order valence-electron chi connectivity index (χ0n) is 12.2. The van der Waals surface area contributed by atoms with Gasteiger partial charge in [0.25, 0.3) is 0 Å². The maximum absolute atomic E-state index is 11.0. The molecule has 0 aromatic heterocycles. The van der Waals surface area contributed by atoms with Crippen molar-refractivity contribution in [3.8, 4) is 5.75 Å². The van der Waals surface area contributed by atoms with Gasteiger partial charge in [0.05, 0.1) is 5.02 Å². The molecule has 1 aromatic carbocycles. The second-order valence-corrected chi connectivity index (χ2v) is 6.52. The first-order valence-electron chi connectivity index (χ1n) is 6.65. The van der Waals surface area contributed by atoms with E-state index in [1.54, 1.807) is 0 Å². The molecule has 1 aliphatic rings. The van der Waals surface area contributed by atoms with Crippen LogP contribution in [0.2, 0.25) is 5.02 Å². The Bertz CT molecular complexity index is 756. The van der Waals surface area contributed by atoms with Gasteiger partial charge in [-0.15, -0.1) is 0 Å². The average molecular weight is 400 g/mol. The Kier molecular flexibility index (Phi) is 5.73. The van der Waals surface area contributed by atoms with Gasteiger partial charge in [-0.05, 0) is 18.2 Å². The van der Waals surface area contributed by atoms with Crippen molar-refractivity contribution in [2.45, 2.75) is 30.6 Å². The molecule has 2 rings (SSSR count). The van der Waals surface area contributed by atoms with Crippen LogP contribution in [-0.2, 0) is 19.9 Å². The van der Waals surface area contributed by atoms with Gasteiger partial charge in [-0.3, -0.25) is 4.55 Å². The Morgan fingerprint density at radius 1 is 1.20 bits per heavy atom. The van der Waals surface area contributed by atoms with Crippen LogP contribution in [-0.4, -0.2) is 70.0 Å². The third kappa shape index (κ3) is 4.70. The third-order valence-corrected chi connectivity index (χ3v) is 3.98. The van der Waals surface area contributed by atoms with E-state index < -0.39 is 47.0 Å². The minimum Gasteiger partial charge on any atom is -0.479 e. The number of aliphatic hydroxyl groups is 3. The molecule has 1 heterocycles. The third-order valence-electron chi connectivity index (χ3n) is 3.29. The summed E-state index contributed by atoms with van der Waals surface area (Å²) in [4.78, 5) is 11.0. The highest BCUT2D eigenvalue weighted by atomic mass is 35.5. The molecular formula is C12H14ClNO10S. The molecule has 0 aliphatic carbocycles. The van der Waals surface area contributed by atoms with E-state index in [1.165, 1.54) is 6.07 Å². The number of nitrogens with one attached hydrogen (secondary N) is 1. The van der Waals surface area contributed by atoms with Gasteiger partial charge in [-0.1, -0.05) is 11.6 Å². The predicted octanol–water partition coefficient (Wildman–Crippen LogP) is -1.17. The molecule has 1 fully saturated rings. The van der Waals surface area contributed by atoms with Gasteiger partial charge in [0.15, 0.2) is 18.1 Å². The van der Waals surface area contributed by atoms with Crippen molar-refractivity contribution in [2.75, 3.05) is 5.32 Å². The van der Waals surface area contributed by atoms with Crippen molar-refractivity contribution in [1.82, 2.24) is 0 Å². The van der Waals surface area contributed by atoms with Gasteiger partial charge in [-0.2, -0.15) is 8.42 Å². The van der Waals surface area contributed by atoms with Crippen LogP contribution in [0.1, 0.15) is 0 Å². The summed E-state index contributed by atoms with van der Waals surface area (Å²) >= 11 is 5.79. The Labute approximate surface area is 146 Å². The number of rotatable bonds is 5.